The van der Waals surface area contributed by atoms with Crippen molar-refractivity contribution in [2.75, 3.05) is 7.11 Å². The van der Waals surface area contributed by atoms with Gasteiger partial charge in [-0.25, -0.2) is 4.79 Å². The summed E-state index contributed by atoms with van der Waals surface area (Å²) in [7, 11) is 1.38. The number of hydrogen-bond donors (Lipinski definition) is 1. The van der Waals surface area contributed by atoms with Crippen LogP contribution in [0.25, 0.3) is 0 Å². The molecule has 1 aromatic carbocycles. The van der Waals surface area contributed by atoms with Crippen LogP contribution in [0.5, 0.6) is 0 Å². The van der Waals surface area contributed by atoms with Gasteiger partial charge in [0.15, 0.2) is 0 Å². The highest BCUT2D eigenvalue weighted by atomic mass is 35.5. The van der Waals surface area contributed by atoms with E-state index in [1.54, 1.807) is 12.1 Å². The molecule has 1 aromatic rings. The van der Waals surface area contributed by atoms with Crippen LogP contribution in [0.2, 0.25) is 0 Å². The third-order valence-corrected chi connectivity index (χ3v) is 2.63. The lowest BCUT2D eigenvalue weighted by Gasteiger charge is -2.11. The minimum atomic E-state index is -0.311. The van der Waals surface area contributed by atoms with E-state index in [0.717, 1.165) is 24.8 Å². The minimum absolute atomic E-state index is 0. The number of carbonyl (C=O) groups is 1. The third-order valence-electron chi connectivity index (χ3n) is 2.63. The maximum absolute atomic E-state index is 11.2. The second-order valence-electron chi connectivity index (χ2n) is 3.86. The molecule has 96 valence electrons. The van der Waals surface area contributed by atoms with Crippen molar-refractivity contribution >= 4 is 18.4 Å². The van der Waals surface area contributed by atoms with Gasteiger partial charge in [0, 0.05) is 6.04 Å². The zero-order chi connectivity index (χ0) is 12.0. The van der Waals surface area contributed by atoms with E-state index >= 15 is 0 Å². The number of methoxy groups -OCH3 is 1. The van der Waals surface area contributed by atoms with E-state index in [4.69, 9.17) is 5.73 Å². The van der Waals surface area contributed by atoms with Crippen LogP contribution in [0.3, 0.4) is 0 Å². The highest BCUT2D eigenvalue weighted by Crippen LogP contribution is 2.17. The van der Waals surface area contributed by atoms with Gasteiger partial charge < -0.3 is 10.5 Å². The smallest absolute Gasteiger partial charge is 0.337 e. The molecule has 17 heavy (non-hydrogen) atoms. The Balaban J connectivity index is 0.00000256. The first-order valence-corrected chi connectivity index (χ1v) is 5.63. The molecule has 0 aliphatic carbocycles. The predicted molar refractivity (Wildman–Crippen MR) is 71.5 cm³/mol. The lowest BCUT2D eigenvalue weighted by molar-refractivity contribution is 0.0600. The Labute approximate surface area is 109 Å². The molecule has 0 heterocycles. The lowest BCUT2D eigenvalue weighted by Crippen LogP contribution is -2.10. The molecule has 0 amide bonds. The highest BCUT2D eigenvalue weighted by Gasteiger charge is 2.08. The molecule has 0 spiro atoms. The number of rotatable bonds is 5. The Morgan fingerprint density at radius 1 is 1.35 bits per heavy atom. The number of esters is 1. The summed E-state index contributed by atoms with van der Waals surface area (Å²) in [5, 5.41) is 0. The molecule has 0 saturated heterocycles. The molecule has 0 fully saturated rings. The largest absolute Gasteiger partial charge is 0.465 e. The second-order valence-corrected chi connectivity index (χ2v) is 3.86. The van der Waals surface area contributed by atoms with Gasteiger partial charge in [0.1, 0.15) is 0 Å². The summed E-state index contributed by atoms with van der Waals surface area (Å²) in [6.07, 6.45) is 3.25. The summed E-state index contributed by atoms with van der Waals surface area (Å²) >= 11 is 0. The van der Waals surface area contributed by atoms with Gasteiger partial charge in [-0.15, -0.1) is 12.4 Å². The monoisotopic (exact) mass is 257 g/mol. The molecule has 0 saturated carbocycles. The fraction of sp³-hybridized carbons (Fsp3) is 0.462. The second kappa shape index (κ2) is 8.09. The van der Waals surface area contributed by atoms with Crippen molar-refractivity contribution in [1.29, 1.82) is 0 Å². The van der Waals surface area contributed by atoms with E-state index in [1.165, 1.54) is 7.11 Å². The van der Waals surface area contributed by atoms with Crippen molar-refractivity contribution in [2.45, 2.75) is 32.2 Å². The van der Waals surface area contributed by atoms with Crippen LogP contribution < -0.4 is 5.73 Å². The van der Waals surface area contributed by atoms with E-state index < -0.39 is 0 Å². The van der Waals surface area contributed by atoms with E-state index in [-0.39, 0.29) is 24.4 Å². The van der Waals surface area contributed by atoms with Crippen LogP contribution in [0.1, 0.15) is 48.1 Å². The fourth-order valence-electron chi connectivity index (χ4n) is 1.57. The van der Waals surface area contributed by atoms with Crippen LogP contribution >= 0.6 is 12.4 Å². The molecule has 0 unspecified atom stereocenters. The quantitative estimate of drug-likeness (QED) is 0.825. The molecule has 0 radical (unpaired) electrons. The van der Waals surface area contributed by atoms with Crippen molar-refractivity contribution in [3.63, 3.8) is 0 Å². The zero-order valence-electron chi connectivity index (χ0n) is 10.3. The van der Waals surface area contributed by atoms with Gasteiger partial charge in [0.25, 0.3) is 0 Å². The van der Waals surface area contributed by atoms with Crippen molar-refractivity contribution in [3.8, 4) is 0 Å². The first kappa shape index (κ1) is 15.9. The Bertz CT molecular complexity index is 338. The molecular formula is C13H20ClNO2. The maximum atomic E-state index is 11.2. The van der Waals surface area contributed by atoms with Crippen LogP contribution in [-0.4, -0.2) is 13.1 Å². The minimum Gasteiger partial charge on any atom is -0.465 e. The maximum Gasteiger partial charge on any atom is 0.337 e. The SMILES string of the molecule is CCCC[C@@H](N)c1ccc(C(=O)OC)cc1.Cl. The number of halogens is 1. The lowest BCUT2D eigenvalue weighted by atomic mass is 10.0. The van der Waals surface area contributed by atoms with Gasteiger partial charge in [0.05, 0.1) is 12.7 Å². The van der Waals surface area contributed by atoms with Crippen LogP contribution in [0.15, 0.2) is 24.3 Å². The Hall–Kier alpha value is -1.06. The highest BCUT2D eigenvalue weighted by molar-refractivity contribution is 5.89. The molecular weight excluding hydrogens is 238 g/mol. The van der Waals surface area contributed by atoms with Gasteiger partial charge in [-0.1, -0.05) is 31.9 Å². The van der Waals surface area contributed by atoms with Gasteiger partial charge >= 0.3 is 5.97 Å². The summed E-state index contributed by atoms with van der Waals surface area (Å²) < 4.78 is 4.63. The van der Waals surface area contributed by atoms with Crippen LogP contribution in [0, 0.1) is 0 Å². The topological polar surface area (TPSA) is 52.3 Å². The number of carbonyl (C=O) groups excluding carboxylic acids is 1. The number of ether oxygens (including phenoxy) is 1. The van der Waals surface area contributed by atoms with Crippen LogP contribution in [0.4, 0.5) is 0 Å². The van der Waals surface area contributed by atoms with Gasteiger partial charge in [-0.05, 0) is 24.1 Å². The summed E-state index contributed by atoms with van der Waals surface area (Å²) in [6, 6.07) is 7.37. The predicted octanol–water partition coefficient (Wildman–Crippen LogP) is 3.09. The molecule has 4 heteroatoms. The van der Waals surface area contributed by atoms with Crippen molar-refractivity contribution in [3.05, 3.63) is 35.4 Å². The summed E-state index contributed by atoms with van der Waals surface area (Å²) in [5.74, 6) is -0.311. The normalized spacial score (nSPS) is 11.5. The number of nitrogens with two attached hydrogens (primary N) is 1. The molecule has 3 nitrogen and oxygen atoms in total. The number of hydrogen-bond acceptors (Lipinski definition) is 3. The molecule has 1 rings (SSSR count). The number of unbranched alkanes of at least 4 members (excludes halogenated alkanes) is 1. The van der Waals surface area contributed by atoms with Gasteiger partial charge in [0.2, 0.25) is 0 Å². The van der Waals surface area contributed by atoms with Crippen molar-refractivity contribution in [2.24, 2.45) is 5.73 Å². The van der Waals surface area contributed by atoms with E-state index in [9.17, 15) is 4.79 Å². The first-order chi connectivity index (χ1) is 7.69. The first-order valence-electron chi connectivity index (χ1n) is 5.63. The Morgan fingerprint density at radius 2 is 1.94 bits per heavy atom. The zero-order valence-corrected chi connectivity index (χ0v) is 11.1. The third kappa shape index (κ3) is 4.75. The average molecular weight is 258 g/mol. The summed E-state index contributed by atoms with van der Waals surface area (Å²) in [6.45, 7) is 2.15. The molecule has 1 atom stereocenters. The average Bonchev–Trinajstić information content (AvgIpc) is 2.35. The molecule has 2 N–H and O–H groups in total. The Morgan fingerprint density at radius 3 is 2.41 bits per heavy atom. The fourth-order valence-corrected chi connectivity index (χ4v) is 1.57. The molecule has 0 aliphatic heterocycles. The van der Waals surface area contributed by atoms with Crippen LogP contribution in [-0.2, 0) is 4.74 Å². The summed E-state index contributed by atoms with van der Waals surface area (Å²) in [4.78, 5) is 11.2. The van der Waals surface area contributed by atoms with Gasteiger partial charge in [-0.3, -0.25) is 0 Å². The molecule has 0 bridgehead atoms. The number of benzene rings is 1. The van der Waals surface area contributed by atoms with E-state index in [1.807, 2.05) is 12.1 Å². The Kier molecular flexibility index (Phi) is 7.59. The van der Waals surface area contributed by atoms with Gasteiger partial charge in [-0.2, -0.15) is 0 Å². The standard InChI is InChI=1S/C13H19NO2.ClH/c1-3-4-5-12(14)10-6-8-11(9-7-10)13(15)16-2;/h6-9,12H,3-5,14H2,1-2H3;1H/t12-;/m1./s1. The molecule has 0 aliphatic rings. The summed E-state index contributed by atoms with van der Waals surface area (Å²) in [5.41, 5.74) is 7.66. The van der Waals surface area contributed by atoms with E-state index in [0.29, 0.717) is 5.56 Å². The van der Waals surface area contributed by atoms with Crippen molar-refractivity contribution in [1.82, 2.24) is 0 Å². The van der Waals surface area contributed by atoms with E-state index in [2.05, 4.69) is 11.7 Å². The van der Waals surface area contributed by atoms with Crippen molar-refractivity contribution < 1.29 is 9.53 Å². The molecule has 0 aromatic heterocycles.